The van der Waals surface area contributed by atoms with Gasteiger partial charge in [0.25, 0.3) is 5.91 Å². The topological polar surface area (TPSA) is 86.7 Å². The lowest BCUT2D eigenvalue weighted by molar-refractivity contribution is -0.380. The predicted molar refractivity (Wildman–Crippen MR) is 97.5 cm³/mol. The van der Waals surface area contributed by atoms with Gasteiger partial charge in [0.15, 0.2) is 4.80 Å². The number of hydrogen-bond acceptors (Lipinski definition) is 6. The summed E-state index contributed by atoms with van der Waals surface area (Å²) in [5.41, 5.74) is 0.903. The van der Waals surface area contributed by atoms with Gasteiger partial charge in [-0.3, -0.25) is 14.9 Å². The summed E-state index contributed by atoms with van der Waals surface area (Å²) in [5, 5.41) is 10.7. The largest absolute Gasteiger partial charge is 0.495 e. The number of rotatable bonds is 5. The molecule has 1 aromatic carbocycles. The van der Waals surface area contributed by atoms with Gasteiger partial charge in [-0.05, 0) is 24.6 Å². The van der Waals surface area contributed by atoms with Gasteiger partial charge >= 0.3 is 5.00 Å². The number of aryl methyl sites for hydroxylation is 1. The molecule has 0 aliphatic carbocycles. The maximum atomic E-state index is 12.4. The number of nitro groups is 1. The Kier molecular flexibility index (Phi) is 4.95. The fraction of sp³-hybridized carbons (Fsp3) is 0.250. The molecule has 0 aliphatic rings. The molecule has 2 aromatic heterocycles. The number of thiazole rings is 1. The van der Waals surface area contributed by atoms with Gasteiger partial charge in [0.2, 0.25) is 0 Å². The highest BCUT2D eigenvalue weighted by Crippen LogP contribution is 2.28. The first kappa shape index (κ1) is 17.3. The minimum atomic E-state index is -0.511. The van der Waals surface area contributed by atoms with Crippen LogP contribution >= 0.6 is 22.7 Å². The second-order valence-electron chi connectivity index (χ2n) is 5.16. The third-order valence-corrected chi connectivity index (χ3v) is 5.58. The van der Waals surface area contributed by atoms with Crippen molar-refractivity contribution in [2.24, 2.45) is 4.99 Å². The second kappa shape index (κ2) is 7.16. The molecule has 0 spiro atoms. The van der Waals surface area contributed by atoms with Crippen LogP contribution in [0.5, 0.6) is 5.75 Å². The van der Waals surface area contributed by atoms with Gasteiger partial charge < -0.3 is 9.30 Å². The highest BCUT2D eigenvalue weighted by atomic mass is 32.1. The Morgan fingerprint density at radius 3 is 2.76 bits per heavy atom. The average molecular weight is 377 g/mol. The number of hydrogen-bond donors (Lipinski definition) is 0. The van der Waals surface area contributed by atoms with Crippen molar-refractivity contribution >= 4 is 43.8 Å². The summed E-state index contributed by atoms with van der Waals surface area (Å²) in [7, 11) is 1.61. The van der Waals surface area contributed by atoms with Gasteiger partial charge in [-0.2, -0.15) is 4.99 Å². The van der Waals surface area contributed by atoms with Gasteiger partial charge in [0.1, 0.15) is 16.1 Å². The van der Waals surface area contributed by atoms with Crippen molar-refractivity contribution in [3.63, 3.8) is 0 Å². The number of thiophene rings is 1. The summed E-state index contributed by atoms with van der Waals surface area (Å²) < 4.78 is 8.36. The number of aromatic nitrogens is 1. The molecular formula is C16H15N3O4S2. The van der Waals surface area contributed by atoms with Crippen LogP contribution in [0.25, 0.3) is 10.2 Å². The van der Waals surface area contributed by atoms with Crippen molar-refractivity contribution in [1.29, 1.82) is 0 Å². The molecule has 0 radical (unpaired) electrons. The predicted octanol–water partition coefficient (Wildman–Crippen LogP) is 3.83. The third kappa shape index (κ3) is 3.33. The minimum Gasteiger partial charge on any atom is -0.495 e. The Labute approximate surface area is 151 Å². The highest BCUT2D eigenvalue weighted by molar-refractivity contribution is 7.17. The van der Waals surface area contributed by atoms with Crippen molar-refractivity contribution in [3.8, 4) is 5.75 Å². The van der Waals surface area contributed by atoms with Gasteiger partial charge in [-0.1, -0.05) is 35.7 Å². The summed E-state index contributed by atoms with van der Waals surface area (Å²) in [5.74, 6) is 0.247. The summed E-state index contributed by atoms with van der Waals surface area (Å²) in [6, 6.07) is 8.47. The molecule has 7 nitrogen and oxygen atoms in total. The Balaban J connectivity index is 2.13. The summed E-state index contributed by atoms with van der Waals surface area (Å²) in [6.07, 6.45) is 0.871. The molecule has 9 heteroatoms. The monoisotopic (exact) mass is 377 g/mol. The molecule has 0 atom stereocenters. The van der Waals surface area contributed by atoms with E-state index in [2.05, 4.69) is 4.99 Å². The van der Waals surface area contributed by atoms with Gasteiger partial charge in [-0.15, -0.1) is 0 Å². The third-order valence-electron chi connectivity index (χ3n) is 3.51. The van der Waals surface area contributed by atoms with Crippen LogP contribution < -0.4 is 9.54 Å². The molecule has 0 saturated heterocycles. The van der Waals surface area contributed by atoms with E-state index in [1.165, 1.54) is 23.5 Å². The zero-order chi connectivity index (χ0) is 18.0. The van der Waals surface area contributed by atoms with E-state index < -0.39 is 10.8 Å². The second-order valence-corrected chi connectivity index (χ2v) is 7.23. The van der Waals surface area contributed by atoms with Crippen molar-refractivity contribution in [3.05, 3.63) is 50.1 Å². The van der Waals surface area contributed by atoms with Crippen LogP contribution in [0.2, 0.25) is 0 Å². The molecule has 0 unspecified atom stereocenters. The molecule has 0 aliphatic heterocycles. The molecule has 130 valence electrons. The van der Waals surface area contributed by atoms with E-state index >= 15 is 0 Å². The quantitative estimate of drug-likeness (QED) is 0.499. The number of carbonyl (C=O) groups is 1. The number of para-hydroxylation sites is 1. The number of fused-ring (bicyclic) bond motifs is 1. The van der Waals surface area contributed by atoms with Crippen molar-refractivity contribution < 1.29 is 14.5 Å². The van der Waals surface area contributed by atoms with Crippen molar-refractivity contribution in [2.45, 2.75) is 19.9 Å². The first-order chi connectivity index (χ1) is 12.0. The van der Waals surface area contributed by atoms with Crippen molar-refractivity contribution in [2.75, 3.05) is 7.11 Å². The van der Waals surface area contributed by atoms with Gasteiger partial charge in [0.05, 0.1) is 16.7 Å². The van der Waals surface area contributed by atoms with Crippen LogP contribution in [0.15, 0.2) is 35.3 Å². The van der Waals surface area contributed by atoms with E-state index in [9.17, 15) is 14.9 Å². The zero-order valence-corrected chi connectivity index (χ0v) is 15.2. The molecule has 0 saturated carbocycles. The standard InChI is InChI=1S/C16H15N3O4S2/c1-3-9-18-14-10(23-2)5-4-6-11(14)25-16(18)17-15(20)12-7-8-13(24-12)19(21)22/h4-8H,3,9H2,1-2H3. The molecule has 1 amide bonds. The number of ether oxygens (including phenoxy) is 1. The maximum absolute atomic E-state index is 12.4. The molecule has 25 heavy (non-hydrogen) atoms. The Morgan fingerprint density at radius 1 is 1.32 bits per heavy atom. The summed E-state index contributed by atoms with van der Waals surface area (Å²) in [6.45, 7) is 2.73. The smallest absolute Gasteiger partial charge is 0.324 e. The number of methoxy groups -OCH3 is 1. The van der Waals surface area contributed by atoms with E-state index in [1.807, 2.05) is 29.7 Å². The van der Waals surface area contributed by atoms with E-state index in [1.54, 1.807) is 7.11 Å². The lowest BCUT2D eigenvalue weighted by atomic mass is 10.3. The highest BCUT2D eigenvalue weighted by Gasteiger charge is 2.16. The summed E-state index contributed by atoms with van der Waals surface area (Å²) in [4.78, 5) is 27.7. The first-order valence-corrected chi connectivity index (χ1v) is 9.18. The van der Waals surface area contributed by atoms with Gasteiger partial charge in [0, 0.05) is 12.6 Å². The molecule has 0 fully saturated rings. The molecule has 0 bridgehead atoms. The fourth-order valence-electron chi connectivity index (χ4n) is 2.46. The average Bonchev–Trinajstić information content (AvgIpc) is 3.21. The van der Waals surface area contributed by atoms with E-state index in [-0.39, 0.29) is 9.88 Å². The van der Waals surface area contributed by atoms with Crippen LogP contribution in [0.4, 0.5) is 5.00 Å². The van der Waals surface area contributed by atoms with Crippen LogP contribution in [0.1, 0.15) is 23.0 Å². The van der Waals surface area contributed by atoms with E-state index in [0.717, 1.165) is 33.7 Å². The number of benzene rings is 1. The van der Waals surface area contributed by atoms with E-state index in [4.69, 9.17) is 4.74 Å². The number of amides is 1. The van der Waals surface area contributed by atoms with Crippen LogP contribution in [0.3, 0.4) is 0 Å². The lowest BCUT2D eigenvalue weighted by Crippen LogP contribution is -2.16. The molecule has 3 rings (SSSR count). The van der Waals surface area contributed by atoms with Gasteiger partial charge in [-0.25, -0.2) is 0 Å². The number of nitrogens with zero attached hydrogens (tertiary/aromatic N) is 3. The fourth-order valence-corrected chi connectivity index (χ4v) is 4.24. The lowest BCUT2D eigenvalue weighted by Gasteiger charge is -2.06. The van der Waals surface area contributed by atoms with Crippen LogP contribution in [-0.4, -0.2) is 22.5 Å². The zero-order valence-electron chi connectivity index (χ0n) is 13.6. The van der Waals surface area contributed by atoms with E-state index in [0.29, 0.717) is 11.3 Å². The normalized spacial score (nSPS) is 11.8. The molecule has 0 N–H and O–H groups in total. The van der Waals surface area contributed by atoms with Crippen LogP contribution in [-0.2, 0) is 6.54 Å². The SMILES string of the molecule is CCCn1c(=NC(=O)c2ccc([N+](=O)[O-])s2)sc2cccc(OC)c21. The Morgan fingerprint density at radius 2 is 2.12 bits per heavy atom. The number of carbonyl (C=O) groups excluding carboxylic acids is 1. The first-order valence-electron chi connectivity index (χ1n) is 7.54. The van der Waals surface area contributed by atoms with Crippen molar-refractivity contribution in [1.82, 2.24) is 4.57 Å². The molecule has 3 aromatic rings. The summed E-state index contributed by atoms with van der Waals surface area (Å²) >= 11 is 2.23. The minimum absolute atomic E-state index is 0.0713. The Bertz CT molecular complexity index is 1020. The maximum Gasteiger partial charge on any atom is 0.324 e. The molecular weight excluding hydrogens is 362 g/mol. The Hall–Kier alpha value is -2.52. The molecule has 2 heterocycles. The van der Waals surface area contributed by atoms with Crippen LogP contribution in [0, 0.1) is 10.1 Å².